The second kappa shape index (κ2) is 6.90. The van der Waals surface area contributed by atoms with Gasteiger partial charge in [0.25, 0.3) is 5.91 Å². The predicted molar refractivity (Wildman–Crippen MR) is 80.6 cm³/mol. The van der Waals surface area contributed by atoms with Gasteiger partial charge in [-0.1, -0.05) is 24.3 Å². The second-order valence-corrected chi connectivity index (χ2v) is 4.27. The van der Waals surface area contributed by atoms with Gasteiger partial charge in [-0.25, -0.2) is 4.79 Å². The quantitative estimate of drug-likeness (QED) is 0.910. The zero-order valence-electron chi connectivity index (χ0n) is 11.8. The summed E-state index contributed by atoms with van der Waals surface area (Å²) in [6, 6.07) is 14.3. The van der Waals surface area contributed by atoms with Crippen LogP contribution in [0.1, 0.15) is 15.9 Å². The summed E-state index contributed by atoms with van der Waals surface area (Å²) in [5.74, 6) is -0.201. The van der Waals surface area contributed by atoms with E-state index in [1.54, 1.807) is 42.5 Å². The molecular weight excluding hydrogens is 282 g/mol. The first kappa shape index (κ1) is 15.1. The minimum absolute atomic E-state index is 0.214. The zero-order chi connectivity index (χ0) is 15.9. The van der Waals surface area contributed by atoms with Crippen LogP contribution >= 0.6 is 0 Å². The molecule has 6 heteroatoms. The first-order valence-electron chi connectivity index (χ1n) is 6.40. The molecule has 110 valence electrons. The zero-order valence-corrected chi connectivity index (χ0v) is 11.8. The molecule has 0 spiro atoms. The number of nitrogens with one attached hydrogen (secondary N) is 2. The summed E-state index contributed by atoms with van der Waals surface area (Å²) in [6.45, 7) is 0. The summed E-state index contributed by atoms with van der Waals surface area (Å²) in [5.41, 5.74) is 0.811. The van der Waals surface area contributed by atoms with Crippen molar-refractivity contribution in [1.29, 1.82) is 5.26 Å². The summed E-state index contributed by atoms with van der Waals surface area (Å²) in [4.78, 5) is 23.8. The third-order valence-electron chi connectivity index (χ3n) is 2.87. The average Bonchev–Trinajstić information content (AvgIpc) is 2.55. The Kier molecular flexibility index (Phi) is 4.73. The molecule has 2 aromatic carbocycles. The maximum atomic E-state index is 11.9. The van der Waals surface area contributed by atoms with Gasteiger partial charge in [-0.15, -0.1) is 0 Å². The molecule has 3 amide bonds. The number of imide groups is 1. The van der Waals surface area contributed by atoms with Crippen LogP contribution in [0.5, 0.6) is 5.75 Å². The van der Waals surface area contributed by atoms with Crippen LogP contribution in [-0.2, 0) is 0 Å². The Labute approximate surface area is 127 Å². The minimum atomic E-state index is -0.741. The number of rotatable bonds is 3. The van der Waals surface area contributed by atoms with Gasteiger partial charge in [0.2, 0.25) is 0 Å². The molecule has 0 aliphatic heterocycles. The van der Waals surface area contributed by atoms with Gasteiger partial charge in [0.1, 0.15) is 17.5 Å². The van der Waals surface area contributed by atoms with Gasteiger partial charge in [-0.3, -0.25) is 10.1 Å². The highest BCUT2D eigenvalue weighted by molar-refractivity contribution is 6.08. The molecule has 0 heterocycles. The van der Waals surface area contributed by atoms with E-state index in [1.807, 2.05) is 6.07 Å². The normalized spacial score (nSPS) is 9.45. The van der Waals surface area contributed by atoms with Crippen molar-refractivity contribution in [2.75, 3.05) is 12.4 Å². The van der Waals surface area contributed by atoms with Gasteiger partial charge < -0.3 is 10.1 Å². The van der Waals surface area contributed by atoms with E-state index in [2.05, 4.69) is 10.6 Å². The number of methoxy groups -OCH3 is 1. The predicted octanol–water partition coefficient (Wildman–Crippen LogP) is 2.53. The topological polar surface area (TPSA) is 91.2 Å². The van der Waals surface area contributed by atoms with E-state index in [1.165, 1.54) is 13.2 Å². The van der Waals surface area contributed by atoms with Crippen molar-refractivity contribution in [3.8, 4) is 11.8 Å². The molecule has 2 aromatic rings. The molecule has 0 bridgehead atoms. The number of hydrogen-bond acceptors (Lipinski definition) is 4. The van der Waals surface area contributed by atoms with E-state index in [9.17, 15) is 9.59 Å². The van der Waals surface area contributed by atoms with Crippen LogP contribution < -0.4 is 15.4 Å². The number of hydrogen-bond donors (Lipinski definition) is 2. The summed E-state index contributed by atoms with van der Waals surface area (Å²) in [7, 11) is 1.43. The van der Waals surface area contributed by atoms with Gasteiger partial charge in [0.15, 0.2) is 0 Å². The van der Waals surface area contributed by atoms with Crippen molar-refractivity contribution < 1.29 is 14.3 Å². The van der Waals surface area contributed by atoms with Crippen molar-refractivity contribution in [3.05, 3.63) is 59.7 Å². The maximum Gasteiger partial charge on any atom is 0.326 e. The number of carbonyl (C=O) groups excluding carboxylic acids is 2. The highest BCUT2D eigenvalue weighted by Gasteiger charge is 2.14. The van der Waals surface area contributed by atoms with Gasteiger partial charge in [-0.05, 0) is 24.3 Å². The molecular formula is C16H13N3O3. The SMILES string of the molecule is COc1cccc(C#N)c1NC(=O)NC(=O)c1ccccc1. The molecule has 22 heavy (non-hydrogen) atoms. The second-order valence-electron chi connectivity index (χ2n) is 4.27. The van der Waals surface area contributed by atoms with Gasteiger partial charge in [-0.2, -0.15) is 5.26 Å². The summed E-state index contributed by atoms with van der Waals surface area (Å²) in [6.07, 6.45) is 0. The van der Waals surface area contributed by atoms with E-state index in [-0.39, 0.29) is 11.3 Å². The average molecular weight is 295 g/mol. The number of para-hydroxylation sites is 1. The van der Waals surface area contributed by atoms with Crippen LogP contribution in [-0.4, -0.2) is 19.0 Å². The van der Waals surface area contributed by atoms with Crippen LogP contribution in [0.25, 0.3) is 0 Å². The van der Waals surface area contributed by atoms with Gasteiger partial charge in [0.05, 0.1) is 12.7 Å². The number of nitrogens with zero attached hydrogens (tertiary/aromatic N) is 1. The molecule has 6 nitrogen and oxygen atoms in total. The molecule has 0 aliphatic rings. The van der Waals surface area contributed by atoms with E-state index in [4.69, 9.17) is 10.00 Å². The Morgan fingerprint density at radius 1 is 1.09 bits per heavy atom. The Morgan fingerprint density at radius 3 is 2.45 bits per heavy atom. The van der Waals surface area contributed by atoms with E-state index in [0.717, 1.165) is 0 Å². The van der Waals surface area contributed by atoms with Crippen molar-refractivity contribution in [3.63, 3.8) is 0 Å². The Balaban J connectivity index is 2.13. The molecule has 0 unspecified atom stereocenters. The maximum absolute atomic E-state index is 11.9. The minimum Gasteiger partial charge on any atom is -0.495 e. The number of anilines is 1. The van der Waals surface area contributed by atoms with Crippen LogP contribution in [0.15, 0.2) is 48.5 Å². The standard InChI is InChI=1S/C16H13N3O3/c1-22-13-9-5-8-12(10-17)14(13)18-16(21)19-15(20)11-6-3-2-4-7-11/h2-9H,1H3,(H2,18,19,20,21). The van der Waals surface area contributed by atoms with Crippen molar-refractivity contribution in [2.24, 2.45) is 0 Å². The number of ether oxygens (including phenoxy) is 1. The lowest BCUT2D eigenvalue weighted by atomic mass is 10.2. The fourth-order valence-electron chi connectivity index (χ4n) is 1.83. The Hall–Kier alpha value is -3.33. The molecule has 2 rings (SSSR count). The lowest BCUT2D eigenvalue weighted by Gasteiger charge is -2.12. The van der Waals surface area contributed by atoms with E-state index < -0.39 is 11.9 Å². The van der Waals surface area contributed by atoms with E-state index in [0.29, 0.717) is 11.3 Å². The number of carbonyl (C=O) groups is 2. The fourth-order valence-corrected chi connectivity index (χ4v) is 1.83. The Bertz CT molecular complexity index is 736. The molecule has 0 saturated carbocycles. The summed E-state index contributed by atoms with van der Waals surface area (Å²) in [5, 5.41) is 13.7. The molecule has 2 N–H and O–H groups in total. The van der Waals surface area contributed by atoms with Crippen molar-refractivity contribution >= 4 is 17.6 Å². The number of benzene rings is 2. The lowest BCUT2D eigenvalue weighted by molar-refractivity contribution is 0.0967. The highest BCUT2D eigenvalue weighted by Crippen LogP contribution is 2.27. The van der Waals surface area contributed by atoms with Gasteiger partial charge in [0, 0.05) is 5.56 Å². The molecule has 0 atom stereocenters. The number of urea groups is 1. The van der Waals surface area contributed by atoms with Crippen LogP contribution in [0, 0.1) is 11.3 Å². The summed E-state index contributed by atoms with van der Waals surface area (Å²) < 4.78 is 5.10. The molecule has 0 fully saturated rings. The molecule has 0 aliphatic carbocycles. The van der Waals surface area contributed by atoms with Gasteiger partial charge >= 0.3 is 6.03 Å². The van der Waals surface area contributed by atoms with E-state index >= 15 is 0 Å². The highest BCUT2D eigenvalue weighted by atomic mass is 16.5. The third-order valence-corrected chi connectivity index (χ3v) is 2.87. The van der Waals surface area contributed by atoms with Crippen molar-refractivity contribution in [1.82, 2.24) is 5.32 Å². The molecule has 0 radical (unpaired) electrons. The van der Waals surface area contributed by atoms with Crippen LogP contribution in [0.3, 0.4) is 0 Å². The first-order chi connectivity index (χ1) is 10.7. The summed E-state index contributed by atoms with van der Waals surface area (Å²) >= 11 is 0. The smallest absolute Gasteiger partial charge is 0.326 e. The fraction of sp³-hybridized carbons (Fsp3) is 0.0625. The lowest BCUT2D eigenvalue weighted by Crippen LogP contribution is -2.34. The monoisotopic (exact) mass is 295 g/mol. The number of amides is 3. The molecule has 0 aromatic heterocycles. The first-order valence-corrected chi connectivity index (χ1v) is 6.40. The Morgan fingerprint density at radius 2 is 1.82 bits per heavy atom. The third kappa shape index (κ3) is 3.41. The van der Waals surface area contributed by atoms with Crippen LogP contribution in [0.2, 0.25) is 0 Å². The number of nitriles is 1. The van der Waals surface area contributed by atoms with Crippen molar-refractivity contribution in [2.45, 2.75) is 0 Å². The molecule has 0 saturated heterocycles. The van der Waals surface area contributed by atoms with Crippen LogP contribution in [0.4, 0.5) is 10.5 Å². The largest absolute Gasteiger partial charge is 0.495 e.